The summed E-state index contributed by atoms with van der Waals surface area (Å²) in [6.45, 7) is 0. The van der Waals surface area contributed by atoms with Gasteiger partial charge in [-0.05, 0) is 6.42 Å². The number of carboxylic acid groups (broad SMARTS) is 5. The van der Waals surface area contributed by atoms with Crippen LogP contribution in [0.2, 0.25) is 0 Å². The van der Waals surface area contributed by atoms with Gasteiger partial charge in [-0.3, -0.25) is 19.2 Å². The Kier molecular flexibility index (Phi) is 10.3. The lowest BCUT2D eigenvalue weighted by Crippen LogP contribution is -2.41. The van der Waals surface area contributed by atoms with E-state index in [1.165, 1.54) is 0 Å². The maximum atomic E-state index is 10.5. The van der Waals surface area contributed by atoms with Crippen molar-refractivity contribution in [3.05, 3.63) is 0 Å². The summed E-state index contributed by atoms with van der Waals surface area (Å²) in [5, 5.41) is 50.2. The second-order valence-electron chi connectivity index (χ2n) is 4.42. The van der Waals surface area contributed by atoms with Crippen molar-refractivity contribution in [3.63, 3.8) is 0 Å². The molecule has 0 saturated carbocycles. The molecule has 0 bridgehead atoms. The number of hydrogen-bond donors (Lipinski definition) is 6. The van der Waals surface area contributed by atoms with Crippen LogP contribution in [0.25, 0.3) is 0 Å². The summed E-state index contributed by atoms with van der Waals surface area (Å²) in [5.41, 5.74) is -2.51. The summed E-state index contributed by atoms with van der Waals surface area (Å²) in [6.07, 6.45) is -3.12. The predicted molar refractivity (Wildman–Crippen MR) is 71.2 cm³/mol. The molecule has 0 saturated heterocycles. The van der Waals surface area contributed by atoms with Crippen LogP contribution in [0.3, 0.4) is 0 Å². The molecule has 0 amide bonds. The Morgan fingerprint density at radius 3 is 1.42 bits per heavy atom. The lowest BCUT2D eigenvalue weighted by Gasteiger charge is -2.19. The van der Waals surface area contributed by atoms with Gasteiger partial charge in [-0.25, -0.2) is 9.59 Å². The van der Waals surface area contributed by atoms with E-state index < -0.39 is 73.3 Å². The molecule has 1 atom stereocenters. The van der Waals surface area contributed by atoms with E-state index in [0.717, 1.165) is 0 Å². The van der Waals surface area contributed by atoms with E-state index in [1.807, 2.05) is 0 Å². The van der Waals surface area contributed by atoms with Crippen molar-refractivity contribution in [1.82, 2.24) is 0 Å². The SMILES string of the molecule is O=C(O)CCC(=O)C(=O)O.O=C(O)CCC(O)(CC(=O)O)C(=O)O. The molecule has 6 N–H and O–H groups in total. The van der Waals surface area contributed by atoms with Gasteiger partial charge < -0.3 is 30.6 Å². The quantitative estimate of drug-likeness (QED) is 0.251. The largest absolute Gasteiger partial charge is 0.481 e. The number of carboxylic acids is 5. The first kappa shape index (κ1) is 23.2. The molecular formula is C12H16O12. The predicted octanol–water partition coefficient (Wildman–Crippen LogP) is -1.35. The maximum absolute atomic E-state index is 10.5. The molecular weight excluding hydrogens is 336 g/mol. The fraction of sp³-hybridized carbons (Fsp3) is 0.500. The molecule has 136 valence electrons. The number of Topliss-reactive ketones (excluding diaryl/α,β-unsaturated/α-hetero) is 1. The third-order valence-corrected chi connectivity index (χ3v) is 2.40. The Hall–Kier alpha value is -3.02. The minimum absolute atomic E-state index is 0.425. The third kappa shape index (κ3) is 11.6. The van der Waals surface area contributed by atoms with Gasteiger partial charge in [0.15, 0.2) is 5.60 Å². The van der Waals surface area contributed by atoms with E-state index in [9.17, 15) is 33.9 Å². The third-order valence-electron chi connectivity index (χ3n) is 2.40. The normalized spacial score (nSPS) is 12.0. The molecule has 0 fully saturated rings. The van der Waals surface area contributed by atoms with Gasteiger partial charge in [0, 0.05) is 12.8 Å². The summed E-state index contributed by atoms with van der Waals surface area (Å²) in [5.74, 6) is -8.35. The van der Waals surface area contributed by atoms with Gasteiger partial charge in [0.05, 0.1) is 12.8 Å². The first-order valence-electron chi connectivity index (χ1n) is 6.19. The molecule has 0 heterocycles. The van der Waals surface area contributed by atoms with Crippen molar-refractivity contribution < 1.29 is 59.4 Å². The van der Waals surface area contributed by atoms with E-state index in [1.54, 1.807) is 0 Å². The zero-order valence-electron chi connectivity index (χ0n) is 12.2. The number of carbonyl (C=O) groups is 6. The van der Waals surface area contributed by atoms with Crippen molar-refractivity contribution in [3.8, 4) is 0 Å². The average Bonchev–Trinajstić information content (AvgIpc) is 2.42. The van der Waals surface area contributed by atoms with Crippen LogP contribution in [0.1, 0.15) is 32.1 Å². The summed E-state index contributed by atoms with van der Waals surface area (Å²) < 4.78 is 0. The van der Waals surface area contributed by atoms with E-state index in [0.29, 0.717) is 0 Å². The van der Waals surface area contributed by atoms with Crippen molar-refractivity contribution in [2.24, 2.45) is 0 Å². The summed E-state index contributed by atoms with van der Waals surface area (Å²) >= 11 is 0. The highest BCUT2D eigenvalue weighted by molar-refractivity contribution is 6.32. The van der Waals surface area contributed by atoms with Gasteiger partial charge in [-0.1, -0.05) is 0 Å². The topological polar surface area (TPSA) is 224 Å². The van der Waals surface area contributed by atoms with Gasteiger partial charge in [-0.2, -0.15) is 0 Å². The van der Waals surface area contributed by atoms with Crippen LogP contribution in [0.5, 0.6) is 0 Å². The number of rotatable bonds is 10. The number of ketones is 1. The van der Waals surface area contributed by atoms with Crippen LogP contribution < -0.4 is 0 Å². The number of hydrogen-bond acceptors (Lipinski definition) is 7. The fourth-order valence-electron chi connectivity index (χ4n) is 1.16. The molecule has 0 spiro atoms. The van der Waals surface area contributed by atoms with Gasteiger partial charge >= 0.3 is 29.8 Å². The first-order chi connectivity index (χ1) is 10.8. The molecule has 0 aliphatic rings. The second kappa shape index (κ2) is 10.7. The number of carbonyl (C=O) groups excluding carboxylic acids is 1. The van der Waals surface area contributed by atoms with Gasteiger partial charge in [0.25, 0.3) is 0 Å². The van der Waals surface area contributed by atoms with E-state index in [-0.39, 0.29) is 0 Å². The van der Waals surface area contributed by atoms with E-state index in [4.69, 9.17) is 25.5 Å². The minimum atomic E-state index is -2.51. The molecule has 12 nitrogen and oxygen atoms in total. The first-order valence-corrected chi connectivity index (χ1v) is 6.19. The minimum Gasteiger partial charge on any atom is -0.481 e. The number of aliphatic carboxylic acids is 5. The average molecular weight is 352 g/mol. The summed E-state index contributed by atoms with van der Waals surface area (Å²) in [4.78, 5) is 60.5. The monoisotopic (exact) mass is 352 g/mol. The standard InChI is InChI=1S/C7H10O7.C5H6O5/c8-4(9)1-2-7(14,6(12)13)3-5(10)11;6-3(5(9)10)1-2-4(7)8/h14H,1-3H2,(H,8,9)(H,10,11)(H,12,13);1-2H2,(H,7,8)(H,9,10). The highest BCUT2D eigenvalue weighted by Crippen LogP contribution is 2.18. The van der Waals surface area contributed by atoms with Crippen molar-refractivity contribution in [2.45, 2.75) is 37.7 Å². The maximum Gasteiger partial charge on any atom is 0.372 e. The zero-order chi connectivity index (χ0) is 19.5. The Morgan fingerprint density at radius 2 is 1.12 bits per heavy atom. The van der Waals surface area contributed by atoms with E-state index in [2.05, 4.69) is 0 Å². The summed E-state index contributed by atoms with van der Waals surface area (Å²) in [7, 11) is 0. The van der Waals surface area contributed by atoms with Crippen LogP contribution >= 0.6 is 0 Å². The van der Waals surface area contributed by atoms with Gasteiger partial charge in [0.2, 0.25) is 5.78 Å². The van der Waals surface area contributed by atoms with Crippen LogP contribution in [-0.4, -0.2) is 71.9 Å². The molecule has 0 radical (unpaired) electrons. The second-order valence-corrected chi connectivity index (χ2v) is 4.42. The highest BCUT2D eigenvalue weighted by atomic mass is 16.4. The summed E-state index contributed by atoms with van der Waals surface area (Å²) in [6, 6.07) is 0. The molecule has 0 rings (SSSR count). The van der Waals surface area contributed by atoms with Crippen LogP contribution in [0, 0.1) is 0 Å². The van der Waals surface area contributed by atoms with Crippen LogP contribution in [-0.2, 0) is 28.8 Å². The Balaban J connectivity index is 0. The van der Waals surface area contributed by atoms with Gasteiger partial charge in [0.1, 0.15) is 0 Å². The van der Waals surface area contributed by atoms with Crippen LogP contribution in [0.15, 0.2) is 0 Å². The highest BCUT2D eigenvalue weighted by Gasteiger charge is 2.38. The van der Waals surface area contributed by atoms with Gasteiger partial charge in [-0.15, -0.1) is 0 Å². The number of aliphatic hydroxyl groups is 1. The smallest absolute Gasteiger partial charge is 0.372 e. The Bertz CT molecular complexity index is 522. The Labute approximate surface area is 133 Å². The fourth-order valence-corrected chi connectivity index (χ4v) is 1.16. The lowest BCUT2D eigenvalue weighted by molar-refractivity contribution is -0.167. The molecule has 0 aromatic carbocycles. The van der Waals surface area contributed by atoms with Crippen LogP contribution in [0.4, 0.5) is 0 Å². The molecule has 12 heteroatoms. The molecule has 0 aliphatic heterocycles. The molecule has 0 aliphatic carbocycles. The van der Waals surface area contributed by atoms with Crippen molar-refractivity contribution in [1.29, 1.82) is 0 Å². The molecule has 24 heavy (non-hydrogen) atoms. The molecule has 0 aromatic heterocycles. The zero-order valence-corrected chi connectivity index (χ0v) is 12.2. The van der Waals surface area contributed by atoms with Crippen molar-refractivity contribution in [2.75, 3.05) is 0 Å². The molecule has 1 unspecified atom stereocenters. The van der Waals surface area contributed by atoms with E-state index >= 15 is 0 Å². The Morgan fingerprint density at radius 1 is 0.667 bits per heavy atom. The van der Waals surface area contributed by atoms with Crippen molar-refractivity contribution >= 4 is 35.6 Å². The lowest BCUT2D eigenvalue weighted by atomic mass is 9.94. The molecule has 0 aromatic rings.